The minimum absolute atomic E-state index is 0.132. The van der Waals surface area contributed by atoms with Crippen LogP contribution in [0.5, 0.6) is 5.75 Å². The smallest absolute Gasteiger partial charge is 0.375 e. The molecule has 0 unspecified atom stereocenters. The first kappa shape index (κ1) is 21.1. The van der Waals surface area contributed by atoms with Crippen LogP contribution in [0.3, 0.4) is 0 Å². The number of carbonyl (C=O) groups excluding carboxylic acids is 2. The SMILES string of the molecule is CC(C)(C)OC(=O)/C=C(\Oc1ccc([N+](=O)[O-])cc1)C(=O)OC(C)(C)C. The summed E-state index contributed by atoms with van der Waals surface area (Å²) in [5, 5.41) is 10.7. The van der Waals surface area contributed by atoms with Crippen LogP contribution >= 0.6 is 0 Å². The Morgan fingerprint density at radius 3 is 1.88 bits per heavy atom. The molecule has 0 bridgehead atoms. The maximum Gasteiger partial charge on any atom is 0.375 e. The molecule has 0 saturated carbocycles. The van der Waals surface area contributed by atoms with E-state index in [1.54, 1.807) is 41.5 Å². The number of benzene rings is 1. The van der Waals surface area contributed by atoms with E-state index in [1.165, 1.54) is 24.3 Å². The summed E-state index contributed by atoms with van der Waals surface area (Å²) in [6.45, 7) is 10.1. The summed E-state index contributed by atoms with van der Waals surface area (Å²) in [5.41, 5.74) is -1.68. The molecule has 0 radical (unpaired) electrons. The van der Waals surface area contributed by atoms with Crippen molar-refractivity contribution in [2.24, 2.45) is 0 Å². The lowest BCUT2D eigenvalue weighted by Gasteiger charge is -2.21. The molecule has 0 aliphatic heterocycles. The number of hydrogen-bond donors (Lipinski definition) is 0. The topological polar surface area (TPSA) is 105 Å². The summed E-state index contributed by atoms with van der Waals surface area (Å²) in [5.74, 6) is -1.89. The Morgan fingerprint density at radius 1 is 0.962 bits per heavy atom. The Labute approximate surface area is 151 Å². The van der Waals surface area contributed by atoms with Crippen LogP contribution in [-0.2, 0) is 19.1 Å². The van der Waals surface area contributed by atoms with E-state index in [-0.39, 0.29) is 17.2 Å². The predicted octanol–water partition coefficient (Wildman–Crippen LogP) is 3.54. The largest absolute Gasteiger partial charge is 0.457 e. The second kappa shape index (κ2) is 7.99. The lowest BCUT2D eigenvalue weighted by molar-refractivity contribution is -0.384. The van der Waals surface area contributed by atoms with Gasteiger partial charge in [0.2, 0.25) is 5.76 Å². The predicted molar refractivity (Wildman–Crippen MR) is 93.5 cm³/mol. The van der Waals surface area contributed by atoms with Crippen LogP contribution in [0.25, 0.3) is 0 Å². The molecule has 0 aromatic heterocycles. The minimum atomic E-state index is -0.860. The van der Waals surface area contributed by atoms with Gasteiger partial charge < -0.3 is 14.2 Å². The van der Waals surface area contributed by atoms with Gasteiger partial charge in [0.15, 0.2) is 0 Å². The first-order valence-corrected chi connectivity index (χ1v) is 7.87. The molecular weight excluding hydrogens is 342 g/mol. The highest BCUT2D eigenvalue weighted by molar-refractivity contribution is 5.95. The zero-order chi connectivity index (χ0) is 20.1. The highest BCUT2D eigenvalue weighted by Gasteiger charge is 2.24. The average Bonchev–Trinajstić information content (AvgIpc) is 2.43. The van der Waals surface area contributed by atoms with Crippen molar-refractivity contribution in [1.82, 2.24) is 0 Å². The van der Waals surface area contributed by atoms with E-state index in [4.69, 9.17) is 14.2 Å². The van der Waals surface area contributed by atoms with Crippen molar-refractivity contribution in [3.63, 3.8) is 0 Å². The van der Waals surface area contributed by atoms with Gasteiger partial charge in [-0.3, -0.25) is 10.1 Å². The molecule has 1 aromatic rings. The summed E-state index contributed by atoms with van der Waals surface area (Å²) < 4.78 is 15.8. The van der Waals surface area contributed by atoms with Crippen LogP contribution < -0.4 is 4.74 Å². The van der Waals surface area contributed by atoms with Gasteiger partial charge in [-0.25, -0.2) is 9.59 Å². The molecule has 0 aliphatic rings. The zero-order valence-electron chi connectivity index (χ0n) is 15.7. The van der Waals surface area contributed by atoms with Crippen molar-refractivity contribution in [3.8, 4) is 5.75 Å². The molecule has 0 N–H and O–H groups in total. The average molecular weight is 365 g/mol. The van der Waals surface area contributed by atoms with Crippen LogP contribution in [0.1, 0.15) is 41.5 Å². The number of hydrogen-bond acceptors (Lipinski definition) is 7. The van der Waals surface area contributed by atoms with Gasteiger partial charge in [0.1, 0.15) is 17.0 Å². The van der Waals surface area contributed by atoms with Crippen LogP contribution in [0.4, 0.5) is 5.69 Å². The van der Waals surface area contributed by atoms with Crippen molar-refractivity contribution in [1.29, 1.82) is 0 Å². The van der Waals surface area contributed by atoms with Crippen molar-refractivity contribution >= 4 is 17.6 Å². The van der Waals surface area contributed by atoms with Crippen molar-refractivity contribution in [3.05, 3.63) is 46.2 Å². The molecule has 1 rings (SSSR count). The first-order valence-electron chi connectivity index (χ1n) is 7.87. The monoisotopic (exact) mass is 365 g/mol. The minimum Gasteiger partial charge on any atom is -0.457 e. The molecule has 0 atom stereocenters. The molecule has 0 amide bonds. The summed E-state index contributed by atoms with van der Waals surface area (Å²) in [6, 6.07) is 5.06. The van der Waals surface area contributed by atoms with Gasteiger partial charge in [-0.2, -0.15) is 0 Å². The maximum absolute atomic E-state index is 12.3. The van der Waals surface area contributed by atoms with Crippen LogP contribution in [-0.4, -0.2) is 28.1 Å². The summed E-state index contributed by atoms with van der Waals surface area (Å²) in [4.78, 5) is 34.4. The van der Waals surface area contributed by atoms with E-state index in [1.807, 2.05) is 0 Å². The quantitative estimate of drug-likeness (QED) is 0.258. The third-order valence-corrected chi connectivity index (χ3v) is 2.53. The van der Waals surface area contributed by atoms with Gasteiger partial charge in [0.25, 0.3) is 5.69 Å². The van der Waals surface area contributed by atoms with Gasteiger partial charge >= 0.3 is 11.9 Å². The third kappa shape index (κ3) is 7.78. The molecule has 0 fully saturated rings. The molecule has 8 heteroatoms. The second-order valence-corrected chi connectivity index (χ2v) is 7.40. The van der Waals surface area contributed by atoms with E-state index >= 15 is 0 Å². The van der Waals surface area contributed by atoms with E-state index in [9.17, 15) is 19.7 Å². The van der Waals surface area contributed by atoms with Gasteiger partial charge in [0, 0.05) is 12.1 Å². The number of nitrogens with zero attached hydrogens (tertiary/aromatic N) is 1. The van der Waals surface area contributed by atoms with E-state index in [0.717, 1.165) is 6.08 Å². The van der Waals surface area contributed by atoms with Gasteiger partial charge in [-0.15, -0.1) is 0 Å². The van der Waals surface area contributed by atoms with E-state index < -0.39 is 28.1 Å². The fourth-order valence-electron chi connectivity index (χ4n) is 1.66. The highest BCUT2D eigenvalue weighted by atomic mass is 16.6. The van der Waals surface area contributed by atoms with Gasteiger partial charge in [0.05, 0.1) is 11.0 Å². The standard InChI is InChI=1S/C18H23NO7/c1-17(2,3)25-15(20)11-14(16(21)26-18(4,5)6)24-13-9-7-12(8-10-13)19(22)23/h7-11H,1-6H3/b14-11-. The van der Waals surface area contributed by atoms with Crippen molar-refractivity contribution < 1.29 is 28.7 Å². The molecule has 26 heavy (non-hydrogen) atoms. The molecule has 1 aromatic carbocycles. The summed E-state index contributed by atoms with van der Waals surface area (Å²) in [7, 11) is 0. The molecule has 142 valence electrons. The zero-order valence-corrected chi connectivity index (χ0v) is 15.7. The number of nitro groups is 1. The Kier molecular flexibility index (Phi) is 6.49. The third-order valence-electron chi connectivity index (χ3n) is 2.53. The highest BCUT2D eigenvalue weighted by Crippen LogP contribution is 2.21. The van der Waals surface area contributed by atoms with Gasteiger partial charge in [-0.05, 0) is 53.7 Å². The molecule has 0 heterocycles. The Bertz CT molecular complexity index is 707. The Morgan fingerprint density at radius 2 is 1.46 bits per heavy atom. The van der Waals surface area contributed by atoms with Crippen LogP contribution in [0.2, 0.25) is 0 Å². The van der Waals surface area contributed by atoms with Crippen molar-refractivity contribution in [2.75, 3.05) is 0 Å². The molecule has 8 nitrogen and oxygen atoms in total. The molecule has 0 aliphatic carbocycles. The van der Waals surface area contributed by atoms with Crippen LogP contribution in [0, 0.1) is 10.1 Å². The van der Waals surface area contributed by atoms with Gasteiger partial charge in [-0.1, -0.05) is 0 Å². The Balaban J connectivity index is 3.08. The maximum atomic E-state index is 12.3. The summed E-state index contributed by atoms with van der Waals surface area (Å²) >= 11 is 0. The fraction of sp³-hybridized carbons (Fsp3) is 0.444. The fourth-order valence-corrected chi connectivity index (χ4v) is 1.66. The van der Waals surface area contributed by atoms with Crippen molar-refractivity contribution in [2.45, 2.75) is 52.7 Å². The first-order chi connectivity index (χ1) is 11.8. The summed E-state index contributed by atoms with van der Waals surface area (Å²) in [6.07, 6.45) is 0.890. The molecule has 0 spiro atoms. The number of carbonyl (C=O) groups is 2. The normalized spacial score (nSPS) is 12.3. The molecular formula is C18H23NO7. The lowest BCUT2D eigenvalue weighted by Crippen LogP contribution is -2.28. The second-order valence-electron chi connectivity index (χ2n) is 7.40. The number of esters is 2. The number of rotatable bonds is 5. The Hall–Kier alpha value is -2.90. The number of nitro benzene ring substituents is 1. The van der Waals surface area contributed by atoms with Crippen LogP contribution in [0.15, 0.2) is 36.1 Å². The number of non-ortho nitro benzene ring substituents is 1. The lowest BCUT2D eigenvalue weighted by atomic mass is 10.2. The number of ether oxygens (including phenoxy) is 3. The molecule has 0 saturated heterocycles. The van der Waals surface area contributed by atoms with E-state index in [0.29, 0.717) is 0 Å². The van der Waals surface area contributed by atoms with E-state index in [2.05, 4.69) is 0 Å².